The number of aliphatic carboxylic acids is 3. The van der Waals surface area contributed by atoms with E-state index in [2.05, 4.69) is 0 Å². The van der Waals surface area contributed by atoms with E-state index >= 15 is 0 Å². The Bertz CT molecular complexity index is 1730. The molecule has 0 saturated carbocycles. The minimum atomic E-state index is -5.08. The summed E-state index contributed by atoms with van der Waals surface area (Å²) in [4.78, 5) is 84.0. The highest BCUT2D eigenvalue weighted by molar-refractivity contribution is 5.91. The van der Waals surface area contributed by atoms with E-state index in [9.17, 15) is 57.3 Å². The minimum absolute atomic E-state index is 0.0118. The van der Waals surface area contributed by atoms with Crippen LogP contribution in [0.1, 0.15) is 44.2 Å². The molecule has 21 heteroatoms. The molecule has 2 heterocycles. The standard InChI is InChI=1S/C29H31NO15.C2HF3O2/c1-12(31)41-22(23(42-13(2)32)27(39)44-17(25(36)37)11-19(34)35)26(38)43-16-6-7-29(40)18-10-14-4-5-15(33)21-20(14)28(29,24(16)45-21)8-9-30(18)3;3-2(4,5)1(6)7/h4-6,17-18,22-24,33,40H,7-11H2,1-3H3,(H,34,35)(H,36,37);(H,6,7)/t17-,18-,22-,23-,24+,28+,29-;/m1./s1. The van der Waals surface area contributed by atoms with Crippen molar-refractivity contribution in [1.82, 2.24) is 4.90 Å². The molecule has 1 saturated heterocycles. The van der Waals surface area contributed by atoms with E-state index < -0.39 is 89.8 Å². The van der Waals surface area contributed by atoms with Gasteiger partial charge in [-0.3, -0.25) is 14.4 Å². The maximum absolute atomic E-state index is 13.6. The summed E-state index contributed by atoms with van der Waals surface area (Å²) in [5.41, 5.74) is -1.13. The van der Waals surface area contributed by atoms with Gasteiger partial charge in [-0.25, -0.2) is 19.2 Å². The molecule has 1 aromatic rings. The van der Waals surface area contributed by atoms with Gasteiger partial charge in [-0.2, -0.15) is 13.2 Å². The summed E-state index contributed by atoms with van der Waals surface area (Å²) in [5, 5.41) is 48.3. The van der Waals surface area contributed by atoms with Crippen molar-refractivity contribution in [2.75, 3.05) is 13.6 Å². The molecule has 1 fully saturated rings. The molecule has 7 atom stereocenters. The first-order valence-corrected chi connectivity index (χ1v) is 15.2. The Hall–Kier alpha value is -5.44. The van der Waals surface area contributed by atoms with Gasteiger partial charge in [0.15, 0.2) is 17.6 Å². The Labute approximate surface area is 290 Å². The van der Waals surface area contributed by atoms with Crippen LogP contribution in [0.2, 0.25) is 0 Å². The third-order valence-corrected chi connectivity index (χ3v) is 9.03. The predicted octanol–water partition coefficient (Wildman–Crippen LogP) is 0.181. The Morgan fingerprint density at radius 2 is 1.56 bits per heavy atom. The number of halogens is 3. The van der Waals surface area contributed by atoms with Gasteiger partial charge in [-0.15, -0.1) is 0 Å². The highest BCUT2D eigenvalue weighted by Gasteiger charge is 2.72. The molecule has 1 spiro atoms. The molecule has 0 amide bonds. The number of rotatable bonds is 10. The maximum Gasteiger partial charge on any atom is 0.490 e. The number of nitrogens with zero attached hydrogens (tertiary/aromatic N) is 1. The number of ether oxygens (including phenoxy) is 5. The molecule has 2 aliphatic carbocycles. The van der Waals surface area contributed by atoms with Crippen LogP contribution < -0.4 is 4.74 Å². The molecule has 52 heavy (non-hydrogen) atoms. The van der Waals surface area contributed by atoms with Gasteiger partial charge in [0.2, 0.25) is 18.3 Å². The number of carboxylic acids is 3. The second-order valence-electron chi connectivity index (χ2n) is 12.2. The highest BCUT2D eigenvalue weighted by Crippen LogP contribution is 2.65. The van der Waals surface area contributed by atoms with E-state index in [1.54, 1.807) is 6.07 Å². The Morgan fingerprint density at radius 3 is 2.08 bits per heavy atom. The number of carbonyl (C=O) groups is 7. The van der Waals surface area contributed by atoms with Gasteiger partial charge in [0.05, 0.1) is 17.4 Å². The lowest BCUT2D eigenvalue weighted by molar-refractivity contribution is -0.195. The maximum atomic E-state index is 13.6. The Balaban J connectivity index is 0.000000785. The summed E-state index contributed by atoms with van der Waals surface area (Å²) in [7, 11) is 1.88. The molecule has 2 aliphatic heterocycles. The molecule has 0 unspecified atom stereocenters. The number of hydrogen-bond donors (Lipinski definition) is 5. The van der Waals surface area contributed by atoms with Gasteiger partial charge in [-0.1, -0.05) is 6.07 Å². The molecule has 5 N–H and O–H groups in total. The third-order valence-electron chi connectivity index (χ3n) is 9.03. The lowest BCUT2D eigenvalue weighted by Crippen LogP contribution is -2.74. The van der Waals surface area contributed by atoms with Crippen LogP contribution in [0.4, 0.5) is 13.2 Å². The lowest BCUT2D eigenvalue weighted by atomic mass is 9.50. The van der Waals surface area contributed by atoms with Gasteiger partial charge < -0.3 is 54.1 Å². The second kappa shape index (κ2) is 14.3. The number of benzene rings is 1. The molecule has 18 nitrogen and oxygen atoms in total. The van der Waals surface area contributed by atoms with Crippen molar-refractivity contribution in [1.29, 1.82) is 0 Å². The number of likely N-dealkylation sites (N-methyl/N-ethyl adjacent to an activating group) is 1. The topological polar surface area (TPSA) is 270 Å². The number of esters is 4. The van der Waals surface area contributed by atoms with Crippen molar-refractivity contribution in [2.24, 2.45) is 0 Å². The first-order chi connectivity index (χ1) is 24.0. The molecule has 0 radical (unpaired) electrons. The van der Waals surface area contributed by atoms with Crippen LogP contribution in [0.25, 0.3) is 0 Å². The summed E-state index contributed by atoms with van der Waals surface area (Å²) in [5.74, 6) is -11.9. The molecule has 1 aromatic carbocycles. The van der Waals surface area contributed by atoms with Gasteiger partial charge in [0, 0.05) is 31.9 Å². The van der Waals surface area contributed by atoms with Crippen LogP contribution in [0.5, 0.6) is 11.5 Å². The van der Waals surface area contributed by atoms with Crippen molar-refractivity contribution in [3.63, 3.8) is 0 Å². The Morgan fingerprint density at radius 1 is 0.981 bits per heavy atom. The van der Waals surface area contributed by atoms with E-state index in [0.717, 1.165) is 19.4 Å². The second-order valence-corrected chi connectivity index (χ2v) is 12.2. The number of phenols is 1. The van der Waals surface area contributed by atoms with Crippen LogP contribution in [-0.4, -0.2) is 128 Å². The summed E-state index contributed by atoms with van der Waals surface area (Å²) >= 11 is 0. The average Bonchev–Trinajstić information content (AvgIpc) is 3.38. The summed E-state index contributed by atoms with van der Waals surface area (Å²) in [6.07, 6.45) is -12.2. The van der Waals surface area contributed by atoms with E-state index in [1.807, 2.05) is 11.9 Å². The lowest BCUT2D eigenvalue weighted by Gasteiger charge is -2.61. The van der Waals surface area contributed by atoms with E-state index in [4.69, 9.17) is 38.7 Å². The first-order valence-electron chi connectivity index (χ1n) is 15.2. The van der Waals surface area contributed by atoms with Crippen LogP contribution in [0.3, 0.4) is 0 Å². The first kappa shape index (κ1) is 39.3. The number of hydrogen-bond acceptors (Lipinski definition) is 15. The molecular formula is C31H32F3NO17. The van der Waals surface area contributed by atoms with Gasteiger partial charge >= 0.3 is 48.0 Å². The van der Waals surface area contributed by atoms with Gasteiger partial charge in [0.1, 0.15) is 5.76 Å². The number of aromatic hydroxyl groups is 1. The average molecular weight is 748 g/mol. The number of carboxylic acid groups (broad SMARTS) is 3. The van der Waals surface area contributed by atoms with Crippen molar-refractivity contribution < 1.29 is 95.9 Å². The zero-order chi connectivity index (χ0) is 39.1. The highest BCUT2D eigenvalue weighted by atomic mass is 19.4. The van der Waals surface area contributed by atoms with Crippen molar-refractivity contribution >= 4 is 41.8 Å². The quantitative estimate of drug-likeness (QED) is 0.158. The van der Waals surface area contributed by atoms with E-state index in [-0.39, 0.29) is 29.7 Å². The summed E-state index contributed by atoms with van der Waals surface area (Å²) < 4.78 is 58.2. The fourth-order valence-electron chi connectivity index (χ4n) is 6.98. The number of aliphatic hydroxyl groups is 1. The predicted molar refractivity (Wildman–Crippen MR) is 157 cm³/mol. The smallest absolute Gasteiger partial charge is 0.490 e. The summed E-state index contributed by atoms with van der Waals surface area (Å²) in [6, 6.07) is 2.87. The molecule has 0 aromatic heterocycles. The van der Waals surface area contributed by atoms with Crippen molar-refractivity contribution in [3.05, 3.63) is 35.1 Å². The fraction of sp³-hybridized carbons (Fsp3) is 0.516. The number of alkyl halides is 3. The summed E-state index contributed by atoms with van der Waals surface area (Å²) in [6.45, 7) is 2.25. The molecular weight excluding hydrogens is 715 g/mol. The number of likely N-dealkylation sites (tertiary alicyclic amines) is 1. The van der Waals surface area contributed by atoms with Crippen LogP contribution in [0, 0.1) is 0 Å². The minimum Gasteiger partial charge on any atom is -0.504 e. The monoisotopic (exact) mass is 747 g/mol. The van der Waals surface area contributed by atoms with Crippen LogP contribution in [-0.2, 0) is 64.3 Å². The van der Waals surface area contributed by atoms with Crippen LogP contribution in [0.15, 0.2) is 24.0 Å². The fourth-order valence-corrected chi connectivity index (χ4v) is 6.98. The normalized spacial score (nSPS) is 25.6. The molecule has 2 bridgehead atoms. The zero-order valence-electron chi connectivity index (χ0n) is 27.4. The van der Waals surface area contributed by atoms with Gasteiger partial charge in [0.25, 0.3) is 0 Å². The number of piperidine rings is 1. The van der Waals surface area contributed by atoms with Crippen molar-refractivity contribution in [2.45, 2.75) is 87.2 Å². The van der Waals surface area contributed by atoms with E-state index in [1.165, 1.54) is 12.1 Å². The number of phenolic OH excluding ortho intramolecular Hbond substituents is 1. The molecule has 284 valence electrons. The third kappa shape index (κ3) is 7.17. The number of carbonyl (C=O) groups excluding carboxylic acids is 4. The van der Waals surface area contributed by atoms with E-state index in [0.29, 0.717) is 24.9 Å². The van der Waals surface area contributed by atoms with Gasteiger partial charge in [-0.05, 0) is 44.1 Å². The SMILES string of the molecule is CC(=O)O[C@@H](C(=O)OC1=CC[C@@]2(O)[C@H]3Cc4ccc(O)c5c4[C@@]2(CCN3C)[C@H]1O5)[C@@H](OC(C)=O)C(=O)O[C@H](CC(=O)O)C(=O)O.O=C(O)C(F)(F)F. The Kier molecular flexibility index (Phi) is 10.8. The zero-order valence-corrected chi connectivity index (χ0v) is 27.4. The molecule has 4 aliphatic rings. The molecule has 5 rings (SSSR count). The largest absolute Gasteiger partial charge is 0.504 e. The van der Waals surface area contributed by atoms with Crippen LogP contribution >= 0.6 is 0 Å². The van der Waals surface area contributed by atoms with Crippen molar-refractivity contribution in [3.8, 4) is 11.5 Å².